The lowest BCUT2D eigenvalue weighted by atomic mass is 9.95. The Labute approximate surface area is 169 Å². The van der Waals surface area contributed by atoms with Crippen LogP contribution in [0.15, 0.2) is 67.8 Å². The molecule has 0 nitrogen and oxygen atoms in total. The Balaban J connectivity index is 0.000000488. The van der Waals surface area contributed by atoms with Crippen molar-refractivity contribution in [2.75, 3.05) is 0 Å². The summed E-state index contributed by atoms with van der Waals surface area (Å²) in [5.41, 5.74) is 5.71. The van der Waals surface area contributed by atoms with Crippen LogP contribution >= 0.6 is 0 Å². The summed E-state index contributed by atoms with van der Waals surface area (Å²) in [5.74, 6) is 1.27. The highest BCUT2D eigenvalue weighted by molar-refractivity contribution is 5.50. The molecule has 2 rings (SSSR count). The van der Waals surface area contributed by atoms with Gasteiger partial charge in [0, 0.05) is 0 Å². The van der Waals surface area contributed by atoms with Gasteiger partial charge < -0.3 is 0 Å². The number of allylic oxidation sites excluding steroid dienone is 1. The molecule has 27 heavy (non-hydrogen) atoms. The molecule has 0 aliphatic carbocycles. The number of hydrogen-bond acceptors (Lipinski definition) is 0. The molecule has 0 heterocycles. The van der Waals surface area contributed by atoms with Crippen LogP contribution in [0, 0.1) is 12.3 Å². The van der Waals surface area contributed by atoms with Crippen molar-refractivity contribution < 1.29 is 0 Å². The molecule has 0 aliphatic rings. The molecule has 0 N–H and O–H groups in total. The fourth-order valence-corrected chi connectivity index (χ4v) is 2.29. The Hall–Kier alpha value is -2.08. The summed E-state index contributed by atoms with van der Waals surface area (Å²) >= 11 is 0. The predicted molar refractivity (Wildman–Crippen MR) is 126 cm³/mol. The Morgan fingerprint density at radius 1 is 0.704 bits per heavy atom. The van der Waals surface area contributed by atoms with Gasteiger partial charge >= 0.3 is 0 Å². The second kappa shape index (κ2) is 12.3. The first-order chi connectivity index (χ1) is 12.6. The molecular formula is C27H40. The fraction of sp³-hybridized carbons (Fsp3) is 0.407. The number of rotatable bonds is 3. The van der Waals surface area contributed by atoms with E-state index in [1.165, 1.54) is 22.3 Å². The van der Waals surface area contributed by atoms with Crippen LogP contribution in [0.25, 0.3) is 6.08 Å². The highest BCUT2D eigenvalue weighted by Crippen LogP contribution is 2.19. The van der Waals surface area contributed by atoms with Crippen molar-refractivity contribution in [3.05, 3.63) is 90.0 Å². The van der Waals surface area contributed by atoms with Crippen molar-refractivity contribution in [3.63, 3.8) is 0 Å². The van der Waals surface area contributed by atoms with E-state index in [0.29, 0.717) is 11.8 Å². The Morgan fingerprint density at radius 3 is 1.41 bits per heavy atom. The van der Waals surface area contributed by atoms with Gasteiger partial charge in [0.05, 0.1) is 0 Å². The molecule has 2 aromatic carbocycles. The van der Waals surface area contributed by atoms with E-state index in [-0.39, 0.29) is 5.41 Å². The summed E-state index contributed by atoms with van der Waals surface area (Å²) in [5, 5.41) is 0. The van der Waals surface area contributed by atoms with Crippen LogP contribution in [0.2, 0.25) is 0 Å². The van der Waals surface area contributed by atoms with E-state index in [9.17, 15) is 0 Å². The lowest BCUT2D eigenvalue weighted by Gasteiger charge is -2.11. The van der Waals surface area contributed by atoms with Gasteiger partial charge in [-0.1, -0.05) is 115 Å². The fourth-order valence-electron chi connectivity index (χ4n) is 2.29. The predicted octanol–water partition coefficient (Wildman–Crippen LogP) is 8.79. The smallest absolute Gasteiger partial charge is 0.0200 e. The Morgan fingerprint density at radius 2 is 1.07 bits per heavy atom. The second-order valence-electron chi connectivity index (χ2n) is 8.59. The van der Waals surface area contributed by atoms with Crippen LogP contribution in [0.1, 0.15) is 82.6 Å². The normalized spacial score (nSPS) is 11.0. The third kappa shape index (κ3) is 11.3. The van der Waals surface area contributed by atoms with Gasteiger partial charge in [-0.05, 0) is 40.9 Å². The Bertz CT molecular complexity index is 647. The lowest BCUT2D eigenvalue weighted by Crippen LogP contribution is -1.97. The lowest BCUT2D eigenvalue weighted by molar-refractivity contribution is 0.547. The monoisotopic (exact) mass is 364 g/mol. The summed E-state index contributed by atoms with van der Waals surface area (Å²) in [6.45, 7) is 23.6. The van der Waals surface area contributed by atoms with Gasteiger partial charge in [0.1, 0.15) is 0 Å². The second-order valence-corrected chi connectivity index (χ2v) is 8.59. The van der Waals surface area contributed by atoms with Crippen molar-refractivity contribution in [1.82, 2.24) is 0 Å². The average molecular weight is 365 g/mol. The summed E-state index contributed by atoms with van der Waals surface area (Å²) in [4.78, 5) is 0. The van der Waals surface area contributed by atoms with Gasteiger partial charge in [-0.2, -0.15) is 0 Å². The molecular weight excluding hydrogens is 324 g/mol. The largest absolute Gasteiger partial charge is 0.106 e. The maximum Gasteiger partial charge on any atom is -0.0200 e. The van der Waals surface area contributed by atoms with Crippen LogP contribution in [-0.4, -0.2) is 0 Å². The molecule has 2 aromatic rings. The van der Waals surface area contributed by atoms with Crippen molar-refractivity contribution in [3.8, 4) is 0 Å². The molecule has 0 saturated carbocycles. The molecule has 0 amide bonds. The van der Waals surface area contributed by atoms with Gasteiger partial charge in [0.15, 0.2) is 0 Å². The van der Waals surface area contributed by atoms with E-state index in [1.54, 1.807) is 0 Å². The van der Waals surface area contributed by atoms with E-state index in [4.69, 9.17) is 0 Å². The van der Waals surface area contributed by atoms with E-state index < -0.39 is 0 Å². The third-order valence-electron chi connectivity index (χ3n) is 4.12. The first-order valence-corrected chi connectivity index (χ1v) is 9.94. The van der Waals surface area contributed by atoms with Crippen LogP contribution in [0.5, 0.6) is 0 Å². The molecule has 0 unspecified atom stereocenters. The molecule has 0 fully saturated rings. The van der Waals surface area contributed by atoms with Crippen LogP contribution in [0.4, 0.5) is 0 Å². The third-order valence-corrected chi connectivity index (χ3v) is 4.12. The van der Waals surface area contributed by atoms with Crippen molar-refractivity contribution in [1.29, 1.82) is 0 Å². The Kier molecular flexibility index (Phi) is 11.4. The number of aryl methyl sites for hydroxylation is 1. The van der Waals surface area contributed by atoms with E-state index in [1.807, 2.05) is 0 Å². The minimum absolute atomic E-state index is 0.261. The standard InChI is InChI=1S/C15H22.C10H14.C2H4/c1-12(2)14-8-6-13(7-9-14)10-11-15(3,4)5;1-8(2)10-6-4-9(3)5-7-10;1-2/h6-12H,1-5H3;4-8H,1-3H3;1-2H2/b11-10+;;. The van der Waals surface area contributed by atoms with Crippen LogP contribution in [-0.2, 0) is 0 Å². The number of hydrogen-bond donors (Lipinski definition) is 0. The first kappa shape index (κ1) is 24.9. The quantitative estimate of drug-likeness (QED) is 0.477. The minimum atomic E-state index is 0.261. The molecule has 0 aliphatic heterocycles. The summed E-state index contributed by atoms with van der Waals surface area (Å²) in [6.07, 6.45) is 4.45. The molecule has 0 aromatic heterocycles. The molecule has 0 spiro atoms. The van der Waals surface area contributed by atoms with Gasteiger partial charge in [0.2, 0.25) is 0 Å². The zero-order valence-electron chi connectivity index (χ0n) is 18.8. The highest BCUT2D eigenvalue weighted by atomic mass is 14.1. The molecule has 0 saturated heterocycles. The maximum atomic E-state index is 3.00. The van der Waals surface area contributed by atoms with Crippen molar-refractivity contribution in [2.45, 2.75) is 67.2 Å². The highest BCUT2D eigenvalue weighted by Gasteiger charge is 2.03. The van der Waals surface area contributed by atoms with Crippen molar-refractivity contribution >= 4 is 6.08 Å². The van der Waals surface area contributed by atoms with Crippen molar-refractivity contribution in [2.24, 2.45) is 5.41 Å². The van der Waals surface area contributed by atoms with E-state index in [2.05, 4.69) is 129 Å². The van der Waals surface area contributed by atoms with Gasteiger partial charge in [0.25, 0.3) is 0 Å². The number of benzene rings is 2. The molecule has 0 radical (unpaired) electrons. The zero-order chi connectivity index (χ0) is 21.0. The summed E-state index contributed by atoms with van der Waals surface area (Å²) in [6, 6.07) is 17.5. The van der Waals surface area contributed by atoms with E-state index >= 15 is 0 Å². The van der Waals surface area contributed by atoms with Gasteiger partial charge in [-0.15, -0.1) is 13.2 Å². The first-order valence-electron chi connectivity index (χ1n) is 9.94. The molecule has 0 heteroatoms. The van der Waals surface area contributed by atoms with Crippen LogP contribution < -0.4 is 0 Å². The summed E-state index contributed by atoms with van der Waals surface area (Å²) < 4.78 is 0. The van der Waals surface area contributed by atoms with Gasteiger partial charge in [-0.25, -0.2) is 0 Å². The molecule has 148 valence electrons. The molecule has 0 bridgehead atoms. The average Bonchev–Trinajstić information content (AvgIpc) is 2.62. The van der Waals surface area contributed by atoms with E-state index in [0.717, 1.165) is 0 Å². The van der Waals surface area contributed by atoms with Gasteiger partial charge in [-0.3, -0.25) is 0 Å². The maximum absolute atomic E-state index is 3.00. The zero-order valence-corrected chi connectivity index (χ0v) is 18.8. The SMILES string of the molecule is C=C.CC(C)c1ccc(/C=C/C(C)(C)C)cc1.Cc1ccc(C(C)C)cc1. The molecule has 0 atom stereocenters. The minimum Gasteiger partial charge on any atom is -0.106 e. The summed E-state index contributed by atoms with van der Waals surface area (Å²) in [7, 11) is 0. The topological polar surface area (TPSA) is 0 Å². The van der Waals surface area contributed by atoms with Crippen LogP contribution in [0.3, 0.4) is 0 Å².